The molecule has 1 aliphatic heterocycles. The van der Waals surface area contributed by atoms with Crippen LogP contribution in [-0.2, 0) is 11.3 Å². The van der Waals surface area contributed by atoms with Gasteiger partial charge in [0.15, 0.2) is 0 Å². The van der Waals surface area contributed by atoms with Gasteiger partial charge in [0, 0.05) is 29.8 Å². The number of anilines is 1. The third-order valence-electron chi connectivity index (χ3n) is 4.09. The van der Waals surface area contributed by atoms with Crippen molar-refractivity contribution in [2.75, 3.05) is 25.9 Å². The summed E-state index contributed by atoms with van der Waals surface area (Å²) in [4.78, 5) is 14.6. The summed E-state index contributed by atoms with van der Waals surface area (Å²) < 4.78 is 5.27. The SMILES string of the molecule is COc1cc(N)cc(CN2CCC(C(=O)NC(C)(C)C)CC2)c1. The number of ether oxygens (including phenoxy) is 1. The van der Waals surface area contributed by atoms with Crippen molar-refractivity contribution in [3.63, 3.8) is 0 Å². The first-order chi connectivity index (χ1) is 10.8. The summed E-state index contributed by atoms with van der Waals surface area (Å²) in [5, 5.41) is 3.09. The zero-order valence-corrected chi connectivity index (χ0v) is 14.7. The van der Waals surface area contributed by atoms with Gasteiger partial charge in [-0.15, -0.1) is 0 Å². The molecule has 1 aromatic carbocycles. The maximum absolute atomic E-state index is 12.2. The third-order valence-corrected chi connectivity index (χ3v) is 4.09. The minimum absolute atomic E-state index is 0.126. The predicted octanol–water partition coefficient (Wildman–Crippen LogP) is 2.40. The van der Waals surface area contributed by atoms with Crippen molar-refractivity contribution in [2.45, 2.75) is 45.7 Å². The molecule has 128 valence electrons. The molecule has 3 N–H and O–H groups in total. The molecule has 0 aromatic heterocycles. The Kier molecular flexibility index (Phi) is 5.52. The number of hydrogen-bond acceptors (Lipinski definition) is 4. The molecular weight excluding hydrogens is 290 g/mol. The quantitative estimate of drug-likeness (QED) is 0.836. The van der Waals surface area contributed by atoms with Crippen molar-refractivity contribution in [3.8, 4) is 5.75 Å². The van der Waals surface area contributed by atoms with Gasteiger partial charge in [0.2, 0.25) is 5.91 Å². The minimum atomic E-state index is -0.160. The first kappa shape index (κ1) is 17.6. The van der Waals surface area contributed by atoms with Crippen LogP contribution in [0.15, 0.2) is 18.2 Å². The van der Waals surface area contributed by atoms with Gasteiger partial charge in [0.25, 0.3) is 0 Å². The zero-order chi connectivity index (χ0) is 17.0. The molecule has 0 aliphatic carbocycles. The van der Waals surface area contributed by atoms with Gasteiger partial charge in [0.05, 0.1) is 7.11 Å². The minimum Gasteiger partial charge on any atom is -0.497 e. The molecule has 1 heterocycles. The fraction of sp³-hybridized carbons (Fsp3) is 0.611. The number of nitrogen functional groups attached to an aromatic ring is 1. The Hall–Kier alpha value is -1.75. The Morgan fingerprint density at radius 1 is 1.30 bits per heavy atom. The largest absolute Gasteiger partial charge is 0.497 e. The van der Waals surface area contributed by atoms with E-state index in [0.717, 1.165) is 49.5 Å². The third kappa shape index (κ3) is 5.43. The fourth-order valence-corrected chi connectivity index (χ4v) is 2.98. The van der Waals surface area contributed by atoms with Crippen LogP contribution in [-0.4, -0.2) is 36.5 Å². The topological polar surface area (TPSA) is 67.6 Å². The molecule has 0 bridgehead atoms. The van der Waals surface area contributed by atoms with E-state index in [9.17, 15) is 4.79 Å². The van der Waals surface area contributed by atoms with Gasteiger partial charge in [-0.25, -0.2) is 0 Å². The van der Waals surface area contributed by atoms with Crippen molar-refractivity contribution < 1.29 is 9.53 Å². The van der Waals surface area contributed by atoms with Gasteiger partial charge in [-0.2, -0.15) is 0 Å². The molecule has 1 aliphatic rings. The Morgan fingerprint density at radius 2 is 1.96 bits per heavy atom. The molecule has 0 radical (unpaired) electrons. The number of nitrogens with zero attached hydrogens (tertiary/aromatic N) is 1. The molecule has 0 unspecified atom stereocenters. The van der Waals surface area contributed by atoms with E-state index in [0.29, 0.717) is 0 Å². The Bertz CT molecular complexity index is 544. The highest BCUT2D eigenvalue weighted by Crippen LogP contribution is 2.23. The average molecular weight is 319 g/mol. The highest BCUT2D eigenvalue weighted by atomic mass is 16.5. The number of nitrogens with one attached hydrogen (secondary N) is 1. The lowest BCUT2D eigenvalue weighted by atomic mass is 9.94. The molecule has 1 amide bonds. The van der Waals surface area contributed by atoms with Crippen LogP contribution < -0.4 is 15.8 Å². The van der Waals surface area contributed by atoms with Crippen LogP contribution in [0.3, 0.4) is 0 Å². The Labute approximate surface area is 139 Å². The highest BCUT2D eigenvalue weighted by Gasteiger charge is 2.27. The molecule has 5 nitrogen and oxygen atoms in total. The van der Waals surface area contributed by atoms with Crippen LogP contribution in [0.2, 0.25) is 0 Å². The zero-order valence-electron chi connectivity index (χ0n) is 14.7. The molecule has 5 heteroatoms. The average Bonchev–Trinajstić information content (AvgIpc) is 2.45. The number of likely N-dealkylation sites (tertiary alicyclic amines) is 1. The first-order valence-electron chi connectivity index (χ1n) is 8.24. The lowest BCUT2D eigenvalue weighted by molar-refractivity contribution is -0.127. The van der Waals surface area contributed by atoms with Crippen LogP contribution in [0, 0.1) is 5.92 Å². The van der Waals surface area contributed by atoms with E-state index in [1.165, 1.54) is 0 Å². The number of nitrogens with two attached hydrogens (primary N) is 1. The molecular formula is C18H29N3O2. The summed E-state index contributed by atoms with van der Waals surface area (Å²) in [6.45, 7) is 8.77. The second-order valence-electron chi connectivity index (χ2n) is 7.40. The highest BCUT2D eigenvalue weighted by molar-refractivity contribution is 5.79. The summed E-state index contributed by atoms with van der Waals surface area (Å²) in [5.41, 5.74) is 7.62. The summed E-state index contributed by atoms with van der Waals surface area (Å²) in [6.07, 6.45) is 1.81. The van der Waals surface area contributed by atoms with E-state index in [-0.39, 0.29) is 17.4 Å². The van der Waals surface area contributed by atoms with Crippen molar-refractivity contribution in [1.29, 1.82) is 0 Å². The van der Waals surface area contributed by atoms with Crippen LogP contribution in [0.25, 0.3) is 0 Å². The molecule has 0 atom stereocenters. The van der Waals surface area contributed by atoms with Crippen LogP contribution in [0.5, 0.6) is 5.75 Å². The molecule has 1 aromatic rings. The fourth-order valence-electron chi connectivity index (χ4n) is 2.98. The second-order valence-corrected chi connectivity index (χ2v) is 7.40. The van der Waals surface area contributed by atoms with E-state index < -0.39 is 0 Å². The normalized spacial score (nSPS) is 17.0. The van der Waals surface area contributed by atoms with Crippen molar-refractivity contribution in [3.05, 3.63) is 23.8 Å². The lowest BCUT2D eigenvalue weighted by Gasteiger charge is -2.33. The number of hydrogen-bond donors (Lipinski definition) is 2. The second kappa shape index (κ2) is 7.21. The van der Waals surface area contributed by atoms with Crippen molar-refractivity contribution >= 4 is 11.6 Å². The van der Waals surface area contributed by atoms with Gasteiger partial charge < -0.3 is 15.8 Å². The maximum atomic E-state index is 12.2. The standard InChI is InChI=1S/C18H29N3O2/c1-18(2,3)20-17(22)14-5-7-21(8-6-14)12-13-9-15(19)11-16(10-13)23-4/h9-11,14H,5-8,12,19H2,1-4H3,(H,20,22). The van der Waals surface area contributed by atoms with Crippen molar-refractivity contribution in [2.24, 2.45) is 5.92 Å². The number of carbonyl (C=O) groups is 1. The van der Waals surface area contributed by atoms with Crippen LogP contribution in [0.4, 0.5) is 5.69 Å². The van der Waals surface area contributed by atoms with Crippen LogP contribution >= 0.6 is 0 Å². The molecule has 0 spiro atoms. The number of methoxy groups -OCH3 is 1. The number of rotatable bonds is 4. The summed E-state index contributed by atoms with van der Waals surface area (Å²) >= 11 is 0. The molecule has 0 saturated carbocycles. The summed E-state index contributed by atoms with van der Waals surface area (Å²) in [7, 11) is 1.65. The van der Waals surface area contributed by atoms with Gasteiger partial charge in [0.1, 0.15) is 5.75 Å². The Balaban J connectivity index is 1.87. The van der Waals surface area contributed by atoms with E-state index in [1.807, 2.05) is 39.0 Å². The van der Waals surface area contributed by atoms with E-state index in [4.69, 9.17) is 10.5 Å². The van der Waals surface area contributed by atoms with E-state index in [1.54, 1.807) is 7.11 Å². The van der Waals surface area contributed by atoms with E-state index in [2.05, 4.69) is 10.2 Å². The van der Waals surface area contributed by atoms with Gasteiger partial charge in [-0.05, 0) is 64.4 Å². The maximum Gasteiger partial charge on any atom is 0.223 e. The molecule has 23 heavy (non-hydrogen) atoms. The Morgan fingerprint density at radius 3 is 2.52 bits per heavy atom. The van der Waals surface area contributed by atoms with Crippen LogP contribution in [0.1, 0.15) is 39.2 Å². The number of benzene rings is 1. The van der Waals surface area contributed by atoms with Gasteiger partial charge >= 0.3 is 0 Å². The van der Waals surface area contributed by atoms with E-state index >= 15 is 0 Å². The van der Waals surface area contributed by atoms with Crippen molar-refractivity contribution in [1.82, 2.24) is 10.2 Å². The molecule has 1 fully saturated rings. The number of carbonyl (C=O) groups excluding carboxylic acids is 1. The molecule has 1 saturated heterocycles. The predicted molar refractivity (Wildman–Crippen MR) is 93.3 cm³/mol. The smallest absolute Gasteiger partial charge is 0.223 e. The first-order valence-corrected chi connectivity index (χ1v) is 8.24. The summed E-state index contributed by atoms with van der Waals surface area (Å²) in [5.74, 6) is 1.10. The monoisotopic (exact) mass is 319 g/mol. The summed E-state index contributed by atoms with van der Waals surface area (Å²) in [6, 6.07) is 5.84. The number of amides is 1. The van der Waals surface area contributed by atoms with Gasteiger partial charge in [-0.3, -0.25) is 9.69 Å². The van der Waals surface area contributed by atoms with Gasteiger partial charge in [-0.1, -0.05) is 0 Å². The lowest BCUT2D eigenvalue weighted by Crippen LogP contribution is -2.46. The number of piperidine rings is 1. The molecule has 2 rings (SSSR count).